The fraction of sp³-hybridized carbons (Fsp3) is 0.467. The van der Waals surface area contributed by atoms with E-state index in [0.717, 1.165) is 0 Å². The molecule has 10 heteroatoms. The van der Waals surface area contributed by atoms with Gasteiger partial charge in [-0.2, -0.15) is 0 Å². The molecule has 1 atom stereocenters. The van der Waals surface area contributed by atoms with E-state index in [1.807, 2.05) is 0 Å². The molecule has 216 valence electrons. The highest BCUT2D eigenvalue weighted by atomic mass is 19.1. The van der Waals surface area contributed by atoms with Crippen LogP contribution in [-0.2, 0) is 17.9 Å². The third kappa shape index (κ3) is 6.90. The number of piperidine rings is 1. The van der Waals surface area contributed by atoms with Crippen LogP contribution >= 0.6 is 0 Å². The Hall–Kier alpha value is -3.24. The minimum atomic E-state index is -1.02. The SMILES string of the molecule is COc1ccc2ncc(CF)c([C@@H](O)CCC3(CC(=O)O)CCN(CCCc4c(F)cc(F)cc4F)CC3)c2c1. The van der Waals surface area contributed by atoms with Gasteiger partial charge in [-0.15, -0.1) is 0 Å². The molecule has 1 aliphatic rings. The zero-order valence-electron chi connectivity index (χ0n) is 22.4. The number of methoxy groups -OCH3 is 1. The van der Waals surface area contributed by atoms with Gasteiger partial charge in [-0.1, -0.05) is 0 Å². The monoisotopic (exact) mass is 562 g/mol. The van der Waals surface area contributed by atoms with Crippen molar-refractivity contribution in [2.75, 3.05) is 26.7 Å². The normalized spacial score (nSPS) is 16.2. The summed E-state index contributed by atoms with van der Waals surface area (Å²) in [5, 5.41) is 21.5. The Morgan fingerprint density at radius 1 is 1.15 bits per heavy atom. The van der Waals surface area contributed by atoms with E-state index in [1.54, 1.807) is 18.2 Å². The van der Waals surface area contributed by atoms with Crippen LogP contribution in [0, 0.1) is 22.9 Å². The van der Waals surface area contributed by atoms with Crippen molar-refractivity contribution in [3.8, 4) is 5.75 Å². The van der Waals surface area contributed by atoms with Gasteiger partial charge < -0.3 is 19.8 Å². The van der Waals surface area contributed by atoms with Crippen LogP contribution in [0.2, 0.25) is 0 Å². The average molecular weight is 563 g/mol. The molecule has 3 aromatic rings. The molecule has 1 fully saturated rings. The first-order chi connectivity index (χ1) is 19.1. The second kappa shape index (κ2) is 13.0. The number of benzene rings is 2. The van der Waals surface area contributed by atoms with Gasteiger partial charge in [0.05, 0.1) is 25.2 Å². The fourth-order valence-corrected chi connectivity index (χ4v) is 5.82. The Morgan fingerprint density at radius 2 is 1.85 bits per heavy atom. The van der Waals surface area contributed by atoms with Crippen molar-refractivity contribution >= 4 is 16.9 Å². The van der Waals surface area contributed by atoms with Crippen molar-refractivity contribution < 1.29 is 37.3 Å². The van der Waals surface area contributed by atoms with Crippen LogP contribution in [0.15, 0.2) is 36.5 Å². The molecule has 40 heavy (non-hydrogen) atoms. The quantitative estimate of drug-likeness (QED) is 0.258. The second-order valence-corrected chi connectivity index (χ2v) is 10.6. The number of carboxylic acids is 1. The van der Waals surface area contributed by atoms with Crippen LogP contribution in [0.25, 0.3) is 10.9 Å². The van der Waals surface area contributed by atoms with Crippen molar-refractivity contribution in [1.82, 2.24) is 9.88 Å². The molecule has 2 heterocycles. The van der Waals surface area contributed by atoms with E-state index in [0.29, 0.717) is 79.7 Å². The number of ether oxygens (including phenoxy) is 1. The third-order valence-electron chi connectivity index (χ3n) is 8.07. The van der Waals surface area contributed by atoms with Gasteiger partial charge in [-0.05, 0) is 87.3 Å². The van der Waals surface area contributed by atoms with Gasteiger partial charge in [0.2, 0.25) is 0 Å². The molecule has 0 saturated carbocycles. The maximum absolute atomic E-state index is 13.9. The zero-order valence-corrected chi connectivity index (χ0v) is 22.4. The topological polar surface area (TPSA) is 82.9 Å². The molecule has 0 spiro atoms. The fourth-order valence-electron chi connectivity index (χ4n) is 5.82. The van der Waals surface area contributed by atoms with Gasteiger partial charge in [0, 0.05) is 34.8 Å². The number of aromatic nitrogens is 1. The number of nitrogens with zero attached hydrogens (tertiary/aromatic N) is 2. The maximum atomic E-state index is 13.9. The largest absolute Gasteiger partial charge is 0.497 e. The number of fused-ring (bicyclic) bond motifs is 1. The Kier molecular flexibility index (Phi) is 9.63. The van der Waals surface area contributed by atoms with E-state index < -0.39 is 41.6 Å². The van der Waals surface area contributed by atoms with Gasteiger partial charge in [0.15, 0.2) is 0 Å². The molecule has 0 unspecified atom stereocenters. The first-order valence-corrected chi connectivity index (χ1v) is 13.4. The number of aliphatic hydroxyl groups excluding tert-OH is 1. The smallest absolute Gasteiger partial charge is 0.303 e. The summed E-state index contributed by atoms with van der Waals surface area (Å²) in [5.41, 5.74) is 0.635. The average Bonchev–Trinajstić information content (AvgIpc) is 2.92. The molecule has 4 rings (SSSR count). The summed E-state index contributed by atoms with van der Waals surface area (Å²) in [4.78, 5) is 18.2. The van der Waals surface area contributed by atoms with Gasteiger partial charge in [0.25, 0.3) is 0 Å². The molecule has 1 aromatic heterocycles. The van der Waals surface area contributed by atoms with Crippen LogP contribution < -0.4 is 4.74 Å². The van der Waals surface area contributed by atoms with Crippen LogP contribution in [0.1, 0.15) is 61.3 Å². The number of aliphatic carboxylic acids is 1. The molecule has 1 saturated heterocycles. The van der Waals surface area contributed by atoms with E-state index in [-0.39, 0.29) is 30.4 Å². The second-order valence-electron chi connectivity index (χ2n) is 10.6. The minimum Gasteiger partial charge on any atom is -0.497 e. The number of hydrogen-bond donors (Lipinski definition) is 2. The summed E-state index contributed by atoms with van der Waals surface area (Å²) in [6, 6.07) is 6.55. The molecule has 0 amide bonds. The number of likely N-dealkylation sites (tertiary alicyclic amines) is 1. The summed E-state index contributed by atoms with van der Waals surface area (Å²) in [6.07, 6.45) is 2.77. The lowest BCUT2D eigenvalue weighted by atomic mass is 9.71. The van der Waals surface area contributed by atoms with Crippen molar-refractivity contribution in [1.29, 1.82) is 0 Å². The summed E-state index contributed by atoms with van der Waals surface area (Å²) in [5.74, 6) is -3.11. The summed E-state index contributed by atoms with van der Waals surface area (Å²) >= 11 is 0. The summed E-state index contributed by atoms with van der Waals surface area (Å²) < 4.78 is 60.2. The summed E-state index contributed by atoms with van der Waals surface area (Å²) in [7, 11) is 1.52. The highest BCUT2D eigenvalue weighted by Crippen LogP contribution is 2.42. The maximum Gasteiger partial charge on any atom is 0.303 e. The van der Waals surface area contributed by atoms with Gasteiger partial charge in [-0.25, -0.2) is 17.6 Å². The Balaban J connectivity index is 1.41. The number of alkyl halides is 1. The van der Waals surface area contributed by atoms with Crippen LogP contribution in [0.4, 0.5) is 17.6 Å². The first-order valence-electron chi connectivity index (χ1n) is 13.4. The lowest BCUT2D eigenvalue weighted by Crippen LogP contribution is -2.41. The van der Waals surface area contributed by atoms with E-state index in [2.05, 4.69) is 9.88 Å². The number of halogens is 4. The van der Waals surface area contributed by atoms with E-state index in [4.69, 9.17) is 4.74 Å². The predicted octanol–water partition coefficient (Wildman–Crippen LogP) is 6.13. The predicted molar refractivity (Wildman–Crippen MR) is 142 cm³/mol. The van der Waals surface area contributed by atoms with E-state index in [1.165, 1.54) is 13.3 Å². The van der Waals surface area contributed by atoms with Crippen molar-refractivity contribution in [2.24, 2.45) is 5.41 Å². The number of carbonyl (C=O) groups is 1. The number of carboxylic acid groups (broad SMARTS) is 1. The van der Waals surface area contributed by atoms with Crippen molar-refractivity contribution in [2.45, 2.75) is 57.7 Å². The highest BCUT2D eigenvalue weighted by molar-refractivity contribution is 5.85. The molecular weight excluding hydrogens is 528 g/mol. The van der Waals surface area contributed by atoms with E-state index >= 15 is 0 Å². The number of hydrogen-bond acceptors (Lipinski definition) is 5. The Labute approximate surface area is 230 Å². The third-order valence-corrected chi connectivity index (χ3v) is 8.07. The Bertz CT molecular complexity index is 1320. The minimum absolute atomic E-state index is 0.0551. The molecule has 2 aromatic carbocycles. The van der Waals surface area contributed by atoms with E-state index in [9.17, 15) is 32.6 Å². The van der Waals surface area contributed by atoms with Gasteiger partial charge in [0.1, 0.15) is 29.9 Å². The van der Waals surface area contributed by atoms with Crippen LogP contribution in [0.3, 0.4) is 0 Å². The number of rotatable bonds is 12. The van der Waals surface area contributed by atoms with Crippen LogP contribution in [-0.4, -0.2) is 52.8 Å². The zero-order chi connectivity index (χ0) is 28.9. The molecule has 2 N–H and O–H groups in total. The number of aliphatic hydroxyl groups is 1. The lowest BCUT2D eigenvalue weighted by molar-refractivity contribution is -0.141. The Morgan fingerprint density at radius 3 is 2.48 bits per heavy atom. The van der Waals surface area contributed by atoms with Crippen molar-refractivity contribution in [3.63, 3.8) is 0 Å². The molecule has 6 nitrogen and oxygen atoms in total. The highest BCUT2D eigenvalue weighted by Gasteiger charge is 2.37. The van der Waals surface area contributed by atoms with Crippen LogP contribution in [0.5, 0.6) is 5.75 Å². The van der Waals surface area contributed by atoms with Crippen molar-refractivity contribution in [3.05, 3.63) is 70.7 Å². The first kappa shape index (κ1) is 29.7. The lowest BCUT2D eigenvalue weighted by Gasteiger charge is -2.41. The number of pyridine rings is 1. The van der Waals surface area contributed by atoms with Gasteiger partial charge in [-0.3, -0.25) is 9.78 Å². The molecule has 0 bridgehead atoms. The molecule has 1 aliphatic heterocycles. The standard InChI is InChI=1S/C30H34F4N2O4/c1-40-21-4-5-26-23(15-21)29(19(17-31)18-35-26)27(37)6-7-30(16-28(38)39)8-11-36(12-9-30)10-2-3-22-24(33)13-20(32)14-25(22)34/h4-5,13-15,18,27,37H,2-3,6-12,16-17H2,1H3,(H,38,39)/t27-/m0/s1. The molecule has 0 radical (unpaired) electrons. The molecule has 0 aliphatic carbocycles. The van der Waals surface area contributed by atoms with Gasteiger partial charge >= 0.3 is 5.97 Å². The molecular formula is C30H34F4N2O4. The summed E-state index contributed by atoms with van der Waals surface area (Å²) in [6.45, 7) is 0.964.